The number of amides is 1. The van der Waals surface area contributed by atoms with Crippen LogP contribution in [0.3, 0.4) is 0 Å². The molecule has 4 nitrogen and oxygen atoms in total. The molecular weight excluding hydrogens is 301 g/mol. The minimum absolute atomic E-state index is 0.0987. The predicted molar refractivity (Wildman–Crippen MR) is 80.5 cm³/mol. The molecule has 0 heterocycles. The summed E-state index contributed by atoms with van der Waals surface area (Å²) in [5.41, 5.74) is -0.585. The molecule has 0 saturated carbocycles. The fraction of sp³-hybridized carbons (Fsp3) is 0.500. The molecule has 112 valence electrons. The average molecular weight is 320 g/mol. The van der Waals surface area contributed by atoms with Crippen LogP contribution < -0.4 is 10.1 Å². The summed E-state index contributed by atoms with van der Waals surface area (Å²) in [6.07, 6.45) is 1.30. The second kappa shape index (κ2) is 7.72. The third-order valence-electron chi connectivity index (χ3n) is 3.32. The highest BCUT2D eigenvalue weighted by atomic mass is 35.5. The second-order valence-electron chi connectivity index (χ2n) is 4.56. The summed E-state index contributed by atoms with van der Waals surface area (Å²) in [4.78, 5) is 11.9. The minimum Gasteiger partial charge on any atom is -0.484 e. The van der Waals surface area contributed by atoms with Crippen LogP contribution in [0.2, 0.25) is 10.0 Å². The standard InChI is InChI=1S/C14H19Cl2NO3/c1-3-14(4-2,9-18)17-13(19)8-20-10-5-6-11(15)12(16)7-10/h5-7,18H,3-4,8-9H2,1-2H3,(H,17,19). The summed E-state index contributed by atoms with van der Waals surface area (Å²) in [5, 5.41) is 13.0. The first-order valence-corrected chi connectivity index (χ1v) is 7.21. The van der Waals surface area contributed by atoms with E-state index in [1.165, 1.54) is 0 Å². The van der Waals surface area contributed by atoms with E-state index in [1.807, 2.05) is 13.8 Å². The van der Waals surface area contributed by atoms with Crippen LogP contribution in [0.4, 0.5) is 0 Å². The van der Waals surface area contributed by atoms with Gasteiger partial charge in [0.15, 0.2) is 6.61 Å². The van der Waals surface area contributed by atoms with Crippen molar-refractivity contribution in [3.8, 4) is 5.75 Å². The smallest absolute Gasteiger partial charge is 0.258 e. The van der Waals surface area contributed by atoms with Gasteiger partial charge in [0.05, 0.1) is 22.2 Å². The highest BCUT2D eigenvalue weighted by Crippen LogP contribution is 2.26. The summed E-state index contributed by atoms with van der Waals surface area (Å²) in [6.45, 7) is 3.60. The zero-order valence-corrected chi connectivity index (χ0v) is 13.1. The van der Waals surface area contributed by atoms with Gasteiger partial charge in [0.25, 0.3) is 5.91 Å². The van der Waals surface area contributed by atoms with Crippen molar-refractivity contribution >= 4 is 29.1 Å². The lowest BCUT2D eigenvalue weighted by molar-refractivity contribution is -0.125. The van der Waals surface area contributed by atoms with E-state index in [0.29, 0.717) is 28.6 Å². The summed E-state index contributed by atoms with van der Waals surface area (Å²) in [6, 6.07) is 4.80. The van der Waals surface area contributed by atoms with Crippen LogP contribution in [0.5, 0.6) is 5.75 Å². The zero-order valence-electron chi connectivity index (χ0n) is 11.6. The number of ether oxygens (including phenoxy) is 1. The average Bonchev–Trinajstić information content (AvgIpc) is 2.46. The van der Waals surface area contributed by atoms with Crippen LogP contribution in [0.15, 0.2) is 18.2 Å². The van der Waals surface area contributed by atoms with Crippen molar-refractivity contribution in [2.24, 2.45) is 0 Å². The number of carbonyl (C=O) groups is 1. The lowest BCUT2D eigenvalue weighted by atomic mass is 9.94. The van der Waals surface area contributed by atoms with Crippen molar-refractivity contribution in [1.82, 2.24) is 5.32 Å². The van der Waals surface area contributed by atoms with Crippen LogP contribution in [0, 0.1) is 0 Å². The Morgan fingerprint density at radius 3 is 2.45 bits per heavy atom. The molecule has 1 amide bonds. The number of carbonyl (C=O) groups excluding carboxylic acids is 1. The summed E-state index contributed by atoms with van der Waals surface area (Å²) < 4.78 is 5.35. The van der Waals surface area contributed by atoms with Gasteiger partial charge in [-0.1, -0.05) is 37.0 Å². The monoisotopic (exact) mass is 319 g/mol. The maximum absolute atomic E-state index is 11.9. The number of aliphatic hydroxyl groups is 1. The zero-order chi connectivity index (χ0) is 15.2. The van der Waals surface area contributed by atoms with Crippen LogP contribution in [-0.4, -0.2) is 29.8 Å². The SMILES string of the molecule is CCC(CC)(CO)NC(=O)COc1ccc(Cl)c(Cl)c1. The lowest BCUT2D eigenvalue weighted by Gasteiger charge is -2.30. The van der Waals surface area contributed by atoms with Gasteiger partial charge in [-0.05, 0) is 25.0 Å². The van der Waals surface area contributed by atoms with E-state index >= 15 is 0 Å². The maximum Gasteiger partial charge on any atom is 0.258 e. The van der Waals surface area contributed by atoms with Gasteiger partial charge in [-0.2, -0.15) is 0 Å². The molecule has 0 radical (unpaired) electrons. The Balaban J connectivity index is 2.56. The molecule has 1 aromatic rings. The van der Waals surface area contributed by atoms with Gasteiger partial charge in [-0.3, -0.25) is 4.79 Å². The first-order valence-electron chi connectivity index (χ1n) is 6.46. The fourth-order valence-corrected chi connectivity index (χ4v) is 2.03. The molecule has 0 unspecified atom stereocenters. The molecule has 0 spiro atoms. The molecule has 0 fully saturated rings. The molecule has 0 aliphatic heterocycles. The number of halogens is 2. The number of hydrogen-bond donors (Lipinski definition) is 2. The largest absolute Gasteiger partial charge is 0.484 e. The maximum atomic E-state index is 11.9. The van der Waals surface area contributed by atoms with Crippen molar-refractivity contribution < 1.29 is 14.6 Å². The number of rotatable bonds is 7. The highest BCUT2D eigenvalue weighted by molar-refractivity contribution is 6.42. The molecule has 0 aliphatic rings. The molecule has 0 aromatic heterocycles. The topological polar surface area (TPSA) is 58.6 Å². The number of nitrogens with one attached hydrogen (secondary N) is 1. The molecule has 0 bridgehead atoms. The van der Waals surface area contributed by atoms with E-state index in [9.17, 15) is 9.90 Å². The van der Waals surface area contributed by atoms with E-state index in [-0.39, 0.29) is 19.1 Å². The molecule has 2 N–H and O–H groups in total. The fourth-order valence-electron chi connectivity index (χ4n) is 1.74. The van der Waals surface area contributed by atoms with E-state index in [2.05, 4.69) is 5.32 Å². The Hall–Kier alpha value is -0.970. The van der Waals surface area contributed by atoms with Crippen molar-refractivity contribution in [2.75, 3.05) is 13.2 Å². The van der Waals surface area contributed by atoms with E-state index < -0.39 is 5.54 Å². The van der Waals surface area contributed by atoms with Crippen LogP contribution in [0.25, 0.3) is 0 Å². The van der Waals surface area contributed by atoms with Crippen molar-refractivity contribution in [3.63, 3.8) is 0 Å². The Kier molecular flexibility index (Phi) is 6.59. The van der Waals surface area contributed by atoms with E-state index in [0.717, 1.165) is 0 Å². The molecule has 6 heteroatoms. The van der Waals surface area contributed by atoms with Gasteiger partial charge in [0.2, 0.25) is 0 Å². The molecule has 1 rings (SSSR count). The first-order chi connectivity index (χ1) is 9.46. The van der Waals surface area contributed by atoms with Gasteiger partial charge >= 0.3 is 0 Å². The molecule has 0 saturated heterocycles. The molecule has 1 aromatic carbocycles. The third-order valence-corrected chi connectivity index (χ3v) is 4.06. The van der Waals surface area contributed by atoms with Gasteiger partial charge in [0.1, 0.15) is 5.75 Å². The number of benzene rings is 1. The van der Waals surface area contributed by atoms with Crippen LogP contribution >= 0.6 is 23.2 Å². The molecule has 20 heavy (non-hydrogen) atoms. The third kappa shape index (κ3) is 4.54. The van der Waals surface area contributed by atoms with E-state index in [1.54, 1.807) is 18.2 Å². The molecular formula is C14H19Cl2NO3. The van der Waals surface area contributed by atoms with Crippen LogP contribution in [-0.2, 0) is 4.79 Å². The van der Waals surface area contributed by atoms with Gasteiger partial charge in [-0.25, -0.2) is 0 Å². The molecule has 0 atom stereocenters. The Morgan fingerprint density at radius 1 is 1.30 bits per heavy atom. The lowest BCUT2D eigenvalue weighted by Crippen LogP contribution is -2.51. The Labute approximate surface area is 129 Å². The van der Waals surface area contributed by atoms with Crippen molar-refractivity contribution in [1.29, 1.82) is 0 Å². The Morgan fingerprint density at radius 2 is 1.95 bits per heavy atom. The number of hydrogen-bond acceptors (Lipinski definition) is 3. The number of aliphatic hydroxyl groups excluding tert-OH is 1. The van der Waals surface area contributed by atoms with Crippen molar-refractivity contribution in [2.45, 2.75) is 32.2 Å². The Bertz CT molecular complexity index is 453. The van der Waals surface area contributed by atoms with E-state index in [4.69, 9.17) is 27.9 Å². The minimum atomic E-state index is -0.585. The predicted octanol–water partition coefficient (Wildman–Crippen LogP) is 3.04. The van der Waals surface area contributed by atoms with Gasteiger partial charge in [0, 0.05) is 6.07 Å². The van der Waals surface area contributed by atoms with Crippen LogP contribution in [0.1, 0.15) is 26.7 Å². The second-order valence-corrected chi connectivity index (χ2v) is 5.37. The van der Waals surface area contributed by atoms with Gasteiger partial charge < -0.3 is 15.2 Å². The summed E-state index contributed by atoms with van der Waals surface area (Å²) >= 11 is 11.6. The summed E-state index contributed by atoms with van der Waals surface area (Å²) in [5.74, 6) is 0.186. The normalized spacial score (nSPS) is 11.2. The molecule has 0 aliphatic carbocycles. The highest BCUT2D eigenvalue weighted by Gasteiger charge is 2.27. The first kappa shape index (κ1) is 17.1. The van der Waals surface area contributed by atoms with Crippen molar-refractivity contribution in [3.05, 3.63) is 28.2 Å². The summed E-state index contributed by atoms with van der Waals surface area (Å²) in [7, 11) is 0. The van der Waals surface area contributed by atoms with Gasteiger partial charge in [-0.15, -0.1) is 0 Å². The quantitative estimate of drug-likeness (QED) is 0.812.